The molecule has 0 aliphatic carbocycles. The van der Waals surface area contributed by atoms with Crippen LogP contribution in [0.5, 0.6) is 0 Å². The Kier molecular flexibility index (Phi) is 4.73. The van der Waals surface area contributed by atoms with Crippen LogP contribution < -0.4 is 5.73 Å². The molecule has 0 aromatic heterocycles. The molecule has 0 rings (SSSR count). The normalized spacial score (nSPS) is 18.1. The molecule has 3 heteroatoms. The van der Waals surface area contributed by atoms with Gasteiger partial charge in [0.05, 0.1) is 0 Å². The van der Waals surface area contributed by atoms with Crippen molar-refractivity contribution in [2.45, 2.75) is 31.7 Å². The number of hydrogen-bond acceptors (Lipinski definition) is 2. The van der Waals surface area contributed by atoms with E-state index in [-0.39, 0.29) is 6.61 Å². The summed E-state index contributed by atoms with van der Waals surface area (Å²) in [5.74, 6) is 0. The van der Waals surface area contributed by atoms with Crippen molar-refractivity contribution < 1.29 is 5.11 Å². The van der Waals surface area contributed by atoms with Crippen LogP contribution in [-0.2, 0) is 0 Å². The van der Waals surface area contributed by atoms with E-state index in [2.05, 4.69) is 0 Å². The Labute approximate surface area is 73.0 Å². The van der Waals surface area contributed by atoms with Crippen LogP contribution >= 0.6 is 11.6 Å². The van der Waals surface area contributed by atoms with Gasteiger partial charge in [0.25, 0.3) is 0 Å². The quantitative estimate of drug-likeness (QED) is 0.390. The summed E-state index contributed by atoms with van der Waals surface area (Å²) < 4.78 is 0. The standard InChI is InChI=1S/C8H16ClNO/c1-3-7(5-4-6-11)8(2,9)10/h3,11H,4-6,10H2,1-2H3. The maximum Gasteiger partial charge on any atom is 0.110 e. The minimum absolute atomic E-state index is 0.185. The van der Waals surface area contributed by atoms with Gasteiger partial charge in [0.2, 0.25) is 0 Å². The highest BCUT2D eigenvalue weighted by atomic mass is 35.5. The molecule has 1 atom stereocenters. The highest BCUT2D eigenvalue weighted by Gasteiger charge is 2.18. The van der Waals surface area contributed by atoms with Gasteiger partial charge in [-0.25, -0.2) is 0 Å². The summed E-state index contributed by atoms with van der Waals surface area (Å²) in [5.41, 5.74) is 6.63. The zero-order chi connectivity index (χ0) is 8.91. The Balaban J connectivity index is 3.99. The Morgan fingerprint density at radius 3 is 2.55 bits per heavy atom. The van der Waals surface area contributed by atoms with E-state index in [1.54, 1.807) is 6.92 Å². The second-order valence-corrected chi connectivity index (χ2v) is 3.50. The third-order valence-corrected chi connectivity index (χ3v) is 1.82. The third-order valence-electron chi connectivity index (χ3n) is 1.58. The minimum Gasteiger partial charge on any atom is -0.396 e. The second kappa shape index (κ2) is 4.75. The second-order valence-electron chi connectivity index (χ2n) is 2.72. The van der Waals surface area contributed by atoms with Crippen LogP contribution in [0.3, 0.4) is 0 Å². The van der Waals surface area contributed by atoms with E-state index in [0.29, 0.717) is 0 Å². The van der Waals surface area contributed by atoms with Crippen LogP contribution in [0.25, 0.3) is 0 Å². The molecule has 3 N–H and O–H groups in total. The maximum absolute atomic E-state index is 8.57. The first-order valence-corrected chi connectivity index (χ1v) is 4.14. The van der Waals surface area contributed by atoms with E-state index in [9.17, 15) is 0 Å². The lowest BCUT2D eigenvalue weighted by Crippen LogP contribution is -2.31. The number of nitrogens with two attached hydrogens (primary N) is 1. The van der Waals surface area contributed by atoms with E-state index in [1.165, 1.54) is 0 Å². The molecular formula is C8H16ClNO. The molecule has 0 aliphatic heterocycles. The van der Waals surface area contributed by atoms with Crippen molar-refractivity contribution in [2.24, 2.45) is 5.73 Å². The number of alkyl halides is 1. The van der Waals surface area contributed by atoms with E-state index in [4.69, 9.17) is 22.4 Å². The summed E-state index contributed by atoms with van der Waals surface area (Å²) in [4.78, 5) is -0.760. The molecule has 0 amide bonds. The Morgan fingerprint density at radius 1 is 1.73 bits per heavy atom. The van der Waals surface area contributed by atoms with Gasteiger partial charge < -0.3 is 10.8 Å². The van der Waals surface area contributed by atoms with Gasteiger partial charge in [0.15, 0.2) is 0 Å². The van der Waals surface area contributed by atoms with Gasteiger partial charge in [-0.2, -0.15) is 0 Å². The summed E-state index contributed by atoms with van der Waals surface area (Å²) in [7, 11) is 0. The SMILES string of the molecule is CC=C(CCCO)C(C)(N)Cl. The third kappa shape index (κ3) is 4.40. The predicted octanol–water partition coefficient (Wildman–Crippen LogP) is 1.62. The van der Waals surface area contributed by atoms with Crippen molar-refractivity contribution >= 4 is 11.6 Å². The Bertz CT molecular complexity index is 138. The lowest BCUT2D eigenvalue weighted by Gasteiger charge is -2.19. The lowest BCUT2D eigenvalue weighted by atomic mass is 10.0. The molecule has 0 aliphatic rings. The smallest absolute Gasteiger partial charge is 0.110 e. The van der Waals surface area contributed by atoms with Crippen LogP contribution in [0.15, 0.2) is 11.6 Å². The summed E-state index contributed by atoms with van der Waals surface area (Å²) in [5, 5.41) is 8.57. The number of halogens is 1. The average Bonchev–Trinajstić information content (AvgIpc) is 1.87. The monoisotopic (exact) mass is 177 g/mol. The fourth-order valence-electron chi connectivity index (χ4n) is 0.940. The summed E-state index contributed by atoms with van der Waals surface area (Å²) in [6.07, 6.45) is 3.39. The molecule has 0 aromatic rings. The zero-order valence-corrected chi connectivity index (χ0v) is 7.86. The largest absolute Gasteiger partial charge is 0.396 e. The predicted molar refractivity (Wildman–Crippen MR) is 48.5 cm³/mol. The van der Waals surface area contributed by atoms with Gasteiger partial charge in [-0.15, -0.1) is 0 Å². The van der Waals surface area contributed by atoms with Crippen molar-refractivity contribution in [1.29, 1.82) is 0 Å². The fourth-order valence-corrected chi connectivity index (χ4v) is 1.14. The number of allylic oxidation sites excluding steroid dienone is 1. The maximum atomic E-state index is 8.57. The van der Waals surface area contributed by atoms with Crippen LogP contribution in [0.4, 0.5) is 0 Å². The van der Waals surface area contributed by atoms with Crippen molar-refractivity contribution in [3.05, 3.63) is 11.6 Å². The molecule has 1 unspecified atom stereocenters. The summed E-state index contributed by atoms with van der Waals surface area (Å²) >= 11 is 5.86. The van der Waals surface area contributed by atoms with Crippen LogP contribution in [-0.4, -0.2) is 16.7 Å². The first-order valence-electron chi connectivity index (χ1n) is 3.76. The fraction of sp³-hybridized carbons (Fsp3) is 0.750. The topological polar surface area (TPSA) is 46.2 Å². The van der Waals surface area contributed by atoms with Gasteiger partial charge in [-0.1, -0.05) is 17.7 Å². The molecule has 2 nitrogen and oxygen atoms in total. The van der Waals surface area contributed by atoms with Crippen molar-refractivity contribution in [1.82, 2.24) is 0 Å². The molecule has 0 spiro atoms. The highest BCUT2D eigenvalue weighted by molar-refractivity contribution is 6.25. The number of aliphatic hydroxyl groups is 1. The number of hydrogen-bond donors (Lipinski definition) is 2. The van der Waals surface area contributed by atoms with Gasteiger partial charge in [0.1, 0.15) is 5.00 Å². The van der Waals surface area contributed by atoms with Gasteiger partial charge >= 0.3 is 0 Å². The Morgan fingerprint density at radius 2 is 2.27 bits per heavy atom. The van der Waals surface area contributed by atoms with Gasteiger partial charge in [-0.05, 0) is 32.3 Å². The molecule has 0 fully saturated rings. The van der Waals surface area contributed by atoms with E-state index in [0.717, 1.165) is 18.4 Å². The van der Waals surface area contributed by atoms with Crippen molar-refractivity contribution in [2.75, 3.05) is 6.61 Å². The molecule has 0 bridgehead atoms. The first kappa shape index (κ1) is 11.0. The molecule has 66 valence electrons. The van der Waals surface area contributed by atoms with Crippen molar-refractivity contribution in [3.8, 4) is 0 Å². The average molecular weight is 178 g/mol. The summed E-state index contributed by atoms with van der Waals surface area (Å²) in [6, 6.07) is 0. The molecule has 0 aromatic carbocycles. The number of aliphatic hydroxyl groups excluding tert-OH is 1. The van der Waals surface area contributed by atoms with E-state index in [1.807, 2.05) is 13.0 Å². The highest BCUT2D eigenvalue weighted by Crippen LogP contribution is 2.22. The van der Waals surface area contributed by atoms with E-state index >= 15 is 0 Å². The first-order chi connectivity index (χ1) is 5.02. The number of rotatable bonds is 4. The zero-order valence-electron chi connectivity index (χ0n) is 7.10. The summed E-state index contributed by atoms with van der Waals surface area (Å²) in [6.45, 7) is 3.84. The molecule has 11 heavy (non-hydrogen) atoms. The molecular weight excluding hydrogens is 162 g/mol. The van der Waals surface area contributed by atoms with Gasteiger partial charge in [-0.3, -0.25) is 0 Å². The van der Waals surface area contributed by atoms with Crippen LogP contribution in [0.1, 0.15) is 26.7 Å². The molecule has 0 saturated heterocycles. The van der Waals surface area contributed by atoms with Crippen LogP contribution in [0, 0.1) is 0 Å². The minimum atomic E-state index is -0.760. The van der Waals surface area contributed by atoms with Crippen molar-refractivity contribution in [3.63, 3.8) is 0 Å². The van der Waals surface area contributed by atoms with Gasteiger partial charge in [0, 0.05) is 6.61 Å². The van der Waals surface area contributed by atoms with E-state index < -0.39 is 5.00 Å². The molecule has 0 radical (unpaired) electrons. The lowest BCUT2D eigenvalue weighted by molar-refractivity contribution is 0.287. The molecule has 0 heterocycles. The Hall–Kier alpha value is -0.0500. The molecule has 0 saturated carbocycles. The van der Waals surface area contributed by atoms with Crippen LogP contribution in [0.2, 0.25) is 0 Å².